The summed E-state index contributed by atoms with van der Waals surface area (Å²) in [6.07, 6.45) is 1.79. The Hall–Kier alpha value is -4.17. The molecule has 0 bridgehead atoms. The van der Waals surface area contributed by atoms with Crippen molar-refractivity contribution < 1.29 is 29.3 Å². The number of hydrogen-bond acceptors (Lipinski definition) is 5. The van der Waals surface area contributed by atoms with E-state index in [1.807, 2.05) is 67.6 Å². The maximum absolute atomic E-state index is 12.7. The summed E-state index contributed by atoms with van der Waals surface area (Å²) in [5, 5.41) is 18.0. The van der Waals surface area contributed by atoms with E-state index in [0.717, 1.165) is 49.5 Å². The smallest absolute Gasteiger partial charge is 0.414 e. The van der Waals surface area contributed by atoms with E-state index in [1.165, 1.54) is 5.56 Å². The van der Waals surface area contributed by atoms with Crippen LogP contribution in [-0.2, 0) is 20.9 Å². The van der Waals surface area contributed by atoms with Crippen molar-refractivity contribution in [3.05, 3.63) is 96.1 Å². The van der Waals surface area contributed by atoms with Crippen molar-refractivity contribution in [2.75, 3.05) is 13.1 Å². The highest BCUT2D eigenvalue weighted by molar-refractivity contribution is 6.27. The zero-order chi connectivity index (χ0) is 26.6. The third-order valence-corrected chi connectivity index (χ3v) is 6.08. The SMILES string of the molecule is C[C@@H](NC(=O)C1CCN(Cc2cccc(Oc3ccccc3)c2)CC1)c1ccccc1.O=C(O)C(=O)O. The summed E-state index contributed by atoms with van der Waals surface area (Å²) >= 11 is 0. The van der Waals surface area contributed by atoms with Gasteiger partial charge in [-0.3, -0.25) is 9.69 Å². The van der Waals surface area contributed by atoms with Crippen molar-refractivity contribution in [2.45, 2.75) is 32.4 Å². The van der Waals surface area contributed by atoms with E-state index < -0.39 is 11.9 Å². The van der Waals surface area contributed by atoms with Crippen LogP contribution in [-0.4, -0.2) is 46.0 Å². The first kappa shape index (κ1) is 27.4. The molecule has 1 atom stereocenters. The molecule has 0 spiro atoms. The van der Waals surface area contributed by atoms with Crippen molar-refractivity contribution in [3.8, 4) is 11.5 Å². The van der Waals surface area contributed by atoms with Gasteiger partial charge in [-0.1, -0.05) is 60.7 Å². The van der Waals surface area contributed by atoms with Gasteiger partial charge in [-0.25, -0.2) is 9.59 Å². The lowest BCUT2D eigenvalue weighted by Gasteiger charge is -2.32. The predicted molar refractivity (Wildman–Crippen MR) is 139 cm³/mol. The van der Waals surface area contributed by atoms with Crippen molar-refractivity contribution in [1.29, 1.82) is 0 Å². The Morgan fingerprint density at radius 2 is 1.43 bits per heavy atom. The molecule has 0 aliphatic carbocycles. The minimum absolute atomic E-state index is 0.0408. The van der Waals surface area contributed by atoms with Crippen LogP contribution < -0.4 is 10.1 Å². The molecule has 1 fully saturated rings. The maximum atomic E-state index is 12.7. The highest BCUT2D eigenvalue weighted by Gasteiger charge is 2.26. The van der Waals surface area contributed by atoms with Crippen molar-refractivity contribution in [3.63, 3.8) is 0 Å². The molecule has 4 rings (SSSR count). The maximum Gasteiger partial charge on any atom is 0.414 e. The quantitative estimate of drug-likeness (QED) is 0.399. The Balaban J connectivity index is 0.000000568. The second kappa shape index (κ2) is 13.8. The predicted octanol–water partition coefficient (Wildman–Crippen LogP) is 4.72. The second-order valence-corrected chi connectivity index (χ2v) is 8.86. The highest BCUT2D eigenvalue weighted by Crippen LogP contribution is 2.24. The molecule has 194 valence electrons. The summed E-state index contributed by atoms with van der Waals surface area (Å²) in [6.45, 7) is 4.79. The number of carbonyl (C=O) groups is 3. The highest BCUT2D eigenvalue weighted by atomic mass is 16.5. The van der Waals surface area contributed by atoms with E-state index in [0.29, 0.717) is 0 Å². The summed E-state index contributed by atoms with van der Waals surface area (Å²) in [5.74, 6) is -1.68. The number of amides is 1. The first-order valence-corrected chi connectivity index (χ1v) is 12.2. The summed E-state index contributed by atoms with van der Waals surface area (Å²) in [4.78, 5) is 33.3. The standard InChI is InChI=1S/C27H30N2O2.C2H2O4/c1-21(23-10-4-2-5-11-23)28-27(30)24-15-17-29(18-16-24)20-22-9-8-14-26(19-22)31-25-12-6-3-7-13-25;3-1(4)2(5)6/h2-14,19,21,24H,15-18,20H2,1H3,(H,28,30);(H,3,4)(H,5,6)/t21-;/m1./s1. The second-order valence-electron chi connectivity index (χ2n) is 8.86. The lowest BCUT2D eigenvalue weighted by atomic mass is 9.95. The van der Waals surface area contributed by atoms with Gasteiger partial charge < -0.3 is 20.3 Å². The average Bonchev–Trinajstić information content (AvgIpc) is 2.90. The van der Waals surface area contributed by atoms with Crippen LogP contribution in [0.15, 0.2) is 84.9 Å². The Kier molecular flexibility index (Phi) is 10.2. The van der Waals surface area contributed by atoms with Gasteiger partial charge in [0, 0.05) is 12.5 Å². The number of carboxylic acids is 2. The lowest BCUT2D eigenvalue weighted by molar-refractivity contribution is -0.159. The first-order valence-electron chi connectivity index (χ1n) is 12.2. The summed E-state index contributed by atoms with van der Waals surface area (Å²) in [6, 6.07) is 28.3. The molecule has 1 saturated heterocycles. The zero-order valence-corrected chi connectivity index (χ0v) is 20.7. The molecule has 3 N–H and O–H groups in total. The van der Waals surface area contributed by atoms with Crippen LogP contribution in [0.4, 0.5) is 0 Å². The van der Waals surface area contributed by atoms with Gasteiger partial charge in [0.05, 0.1) is 6.04 Å². The summed E-state index contributed by atoms with van der Waals surface area (Å²) in [5.41, 5.74) is 2.37. The van der Waals surface area contributed by atoms with Gasteiger partial charge in [0.2, 0.25) is 5.91 Å². The van der Waals surface area contributed by atoms with E-state index >= 15 is 0 Å². The monoisotopic (exact) mass is 504 g/mol. The molecule has 1 heterocycles. The van der Waals surface area contributed by atoms with Gasteiger partial charge >= 0.3 is 11.9 Å². The van der Waals surface area contributed by atoms with E-state index in [2.05, 4.69) is 34.5 Å². The number of nitrogens with one attached hydrogen (secondary N) is 1. The van der Waals surface area contributed by atoms with Crippen LogP contribution in [0.1, 0.15) is 36.9 Å². The summed E-state index contributed by atoms with van der Waals surface area (Å²) < 4.78 is 5.96. The molecule has 0 saturated carbocycles. The van der Waals surface area contributed by atoms with E-state index in [-0.39, 0.29) is 17.9 Å². The third kappa shape index (κ3) is 9.09. The first-order chi connectivity index (χ1) is 17.8. The topological polar surface area (TPSA) is 116 Å². The molecule has 0 unspecified atom stereocenters. The number of carboxylic acid groups (broad SMARTS) is 2. The van der Waals surface area contributed by atoms with Crippen LogP contribution in [0, 0.1) is 5.92 Å². The number of piperidine rings is 1. The molecule has 1 aliphatic rings. The molecule has 0 radical (unpaired) electrons. The average molecular weight is 505 g/mol. The van der Waals surface area contributed by atoms with Gasteiger partial charge in [0.15, 0.2) is 0 Å². The molecule has 8 heteroatoms. The fraction of sp³-hybridized carbons (Fsp3) is 0.276. The minimum atomic E-state index is -1.82. The normalized spacial score (nSPS) is 14.5. The van der Waals surface area contributed by atoms with E-state index in [1.54, 1.807) is 0 Å². The number of ether oxygens (including phenoxy) is 1. The molecular formula is C29H32N2O6. The van der Waals surface area contributed by atoms with E-state index in [9.17, 15) is 4.79 Å². The molecule has 37 heavy (non-hydrogen) atoms. The van der Waals surface area contributed by atoms with Crippen molar-refractivity contribution >= 4 is 17.8 Å². The molecule has 3 aromatic carbocycles. The van der Waals surface area contributed by atoms with Crippen molar-refractivity contribution in [1.82, 2.24) is 10.2 Å². The number of para-hydroxylation sites is 1. The summed E-state index contributed by atoms with van der Waals surface area (Å²) in [7, 11) is 0. The van der Waals surface area contributed by atoms with Gasteiger partial charge in [0.25, 0.3) is 0 Å². The zero-order valence-electron chi connectivity index (χ0n) is 20.7. The Morgan fingerprint density at radius 3 is 2.03 bits per heavy atom. The minimum Gasteiger partial charge on any atom is -0.473 e. The number of aliphatic carboxylic acids is 2. The molecule has 3 aromatic rings. The van der Waals surface area contributed by atoms with Crippen molar-refractivity contribution in [2.24, 2.45) is 5.92 Å². The fourth-order valence-electron chi connectivity index (χ4n) is 4.10. The molecule has 1 amide bonds. The number of benzene rings is 3. The van der Waals surface area contributed by atoms with Gasteiger partial charge in [-0.2, -0.15) is 0 Å². The van der Waals surface area contributed by atoms with Crippen LogP contribution in [0.5, 0.6) is 11.5 Å². The molecule has 0 aromatic heterocycles. The Morgan fingerprint density at radius 1 is 0.865 bits per heavy atom. The molecule has 1 aliphatic heterocycles. The third-order valence-electron chi connectivity index (χ3n) is 6.08. The number of nitrogens with zero attached hydrogens (tertiary/aromatic N) is 1. The van der Waals surface area contributed by atoms with Crippen LogP contribution in [0.3, 0.4) is 0 Å². The Bertz CT molecular complexity index is 1150. The fourth-order valence-corrected chi connectivity index (χ4v) is 4.10. The van der Waals surface area contributed by atoms with Gasteiger partial charge in [-0.05, 0) is 68.2 Å². The largest absolute Gasteiger partial charge is 0.473 e. The molecular weight excluding hydrogens is 472 g/mol. The molecule has 8 nitrogen and oxygen atoms in total. The number of hydrogen-bond donors (Lipinski definition) is 3. The van der Waals surface area contributed by atoms with Gasteiger partial charge in [0.1, 0.15) is 11.5 Å². The van der Waals surface area contributed by atoms with E-state index in [4.69, 9.17) is 24.5 Å². The van der Waals surface area contributed by atoms with Crippen LogP contribution in [0.2, 0.25) is 0 Å². The van der Waals surface area contributed by atoms with Crippen LogP contribution in [0.25, 0.3) is 0 Å². The number of likely N-dealkylation sites (tertiary alicyclic amines) is 1. The number of carbonyl (C=O) groups excluding carboxylic acids is 1. The van der Waals surface area contributed by atoms with Crippen LogP contribution >= 0.6 is 0 Å². The lowest BCUT2D eigenvalue weighted by Crippen LogP contribution is -2.40. The number of rotatable bonds is 7. The van der Waals surface area contributed by atoms with Gasteiger partial charge in [-0.15, -0.1) is 0 Å². The Labute approximate surface area is 216 Å².